The molecule has 0 saturated carbocycles. The van der Waals surface area contributed by atoms with Crippen LogP contribution in [0.4, 0.5) is 10.1 Å². The molecule has 0 bridgehead atoms. The highest BCUT2D eigenvalue weighted by Crippen LogP contribution is 2.28. The molecule has 5 rings (SSSR count). The molecule has 8 heteroatoms. The van der Waals surface area contributed by atoms with E-state index in [9.17, 15) is 9.18 Å². The molecule has 1 aliphatic rings. The fourth-order valence-electron chi connectivity index (χ4n) is 3.97. The second kappa shape index (κ2) is 7.37. The van der Waals surface area contributed by atoms with Crippen LogP contribution < -0.4 is 10.3 Å². The SMILES string of the molecule is Cn1cc(-c2nc(-c3ccncc3)no2)c(=O)c2cc(F)c(N3CCCCC3)cc21. The molecule has 0 aliphatic carbocycles. The average molecular weight is 405 g/mol. The van der Waals surface area contributed by atoms with Crippen molar-refractivity contribution in [2.75, 3.05) is 18.0 Å². The van der Waals surface area contributed by atoms with Crippen molar-refractivity contribution in [3.05, 3.63) is 58.9 Å². The van der Waals surface area contributed by atoms with Crippen molar-refractivity contribution in [3.63, 3.8) is 0 Å². The van der Waals surface area contributed by atoms with Gasteiger partial charge < -0.3 is 14.0 Å². The third kappa shape index (κ3) is 3.14. The predicted octanol–water partition coefficient (Wildman–Crippen LogP) is 3.78. The first kappa shape index (κ1) is 18.5. The van der Waals surface area contributed by atoms with Crippen molar-refractivity contribution in [2.45, 2.75) is 19.3 Å². The number of anilines is 1. The minimum Gasteiger partial charge on any atom is -0.369 e. The van der Waals surface area contributed by atoms with Crippen molar-refractivity contribution >= 4 is 16.6 Å². The van der Waals surface area contributed by atoms with E-state index >= 15 is 0 Å². The number of pyridine rings is 2. The van der Waals surface area contributed by atoms with Crippen molar-refractivity contribution in [3.8, 4) is 22.8 Å². The van der Waals surface area contributed by atoms with Crippen LogP contribution in [0.1, 0.15) is 19.3 Å². The second-order valence-electron chi connectivity index (χ2n) is 7.51. The number of aryl methyl sites for hydroxylation is 1. The molecule has 4 aromatic rings. The molecular weight excluding hydrogens is 385 g/mol. The van der Waals surface area contributed by atoms with Gasteiger partial charge in [-0.15, -0.1) is 0 Å². The maximum Gasteiger partial charge on any atom is 0.263 e. The molecule has 1 fully saturated rings. The number of aromatic nitrogens is 4. The van der Waals surface area contributed by atoms with Crippen molar-refractivity contribution < 1.29 is 8.91 Å². The van der Waals surface area contributed by atoms with Gasteiger partial charge in [-0.05, 0) is 43.5 Å². The van der Waals surface area contributed by atoms with Gasteiger partial charge in [-0.2, -0.15) is 4.98 Å². The third-order valence-corrected chi connectivity index (χ3v) is 5.55. The number of piperidine rings is 1. The summed E-state index contributed by atoms with van der Waals surface area (Å²) in [6, 6.07) is 6.60. The molecular formula is C22H20FN5O2. The molecule has 0 amide bonds. The van der Waals surface area contributed by atoms with Crippen LogP contribution in [0.5, 0.6) is 0 Å². The highest BCUT2D eigenvalue weighted by Gasteiger charge is 2.20. The molecule has 1 aromatic carbocycles. The van der Waals surface area contributed by atoms with Crippen molar-refractivity contribution in [2.24, 2.45) is 7.05 Å². The summed E-state index contributed by atoms with van der Waals surface area (Å²) in [7, 11) is 1.82. The lowest BCUT2D eigenvalue weighted by molar-refractivity contribution is 0.432. The fourth-order valence-corrected chi connectivity index (χ4v) is 3.97. The Morgan fingerprint density at radius 3 is 2.63 bits per heavy atom. The van der Waals surface area contributed by atoms with Gasteiger partial charge in [0.2, 0.25) is 11.3 Å². The highest BCUT2D eigenvalue weighted by molar-refractivity contribution is 5.86. The molecule has 7 nitrogen and oxygen atoms in total. The van der Waals surface area contributed by atoms with Crippen LogP contribution in [0.3, 0.4) is 0 Å². The van der Waals surface area contributed by atoms with Gasteiger partial charge in [0, 0.05) is 49.7 Å². The predicted molar refractivity (Wildman–Crippen MR) is 112 cm³/mol. The van der Waals surface area contributed by atoms with Gasteiger partial charge in [-0.3, -0.25) is 9.78 Å². The number of fused-ring (bicyclic) bond motifs is 1. The maximum absolute atomic E-state index is 14.9. The van der Waals surface area contributed by atoms with E-state index in [2.05, 4.69) is 20.0 Å². The van der Waals surface area contributed by atoms with E-state index in [1.54, 1.807) is 41.4 Å². The lowest BCUT2D eigenvalue weighted by Gasteiger charge is -2.29. The van der Waals surface area contributed by atoms with Gasteiger partial charge in [0.25, 0.3) is 5.89 Å². The Hall–Kier alpha value is -3.55. The monoisotopic (exact) mass is 405 g/mol. The summed E-state index contributed by atoms with van der Waals surface area (Å²) in [5.74, 6) is 0.0765. The molecule has 4 heterocycles. The smallest absolute Gasteiger partial charge is 0.263 e. The van der Waals surface area contributed by atoms with E-state index in [1.165, 1.54) is 12.5 Å². The van der Waals surface area contributed by atoms with E-state index in [4.69, 9.17) is 4.52 Å². The van der Waals surface area contributed by atoms with Gasteiger partial charge >= 0.3 is 0 Å². The molecule has 3 aromatic heterocycles. The molecule has 30 heavy (non-hydrogen) atoms. The summed E-state index contributed by atoms with van der Waals surface area (Å²) in [4.78, 5) is 23.5. The number of benzene rings is 1. The van der Waals surface area contributed by atoms with E-state index in [1.807, 2.05) is 7.05 Å². The van der Waals surface area contributed by atoms with Crippen LogP contribution in [0.25, 0.3) is 33.7 Å². The van der Waals surface area contributed by atoms with Crippen LogP contribution >= 0.6 is 0 Å². The quantitative estimate of drug-likeness (QED) is 0.516. The van der Waals surface area contributed by atoms with E-state index in [0.717, 1.165) is 31.5 Å². The minimum atomic E-state index is -0.387. The first-order chi connectivity index (χ1) is 14.6. The summed E-state index contributed by atoms with van der Waals surface area (Å²) in [6.45, 7) is 1.66. The normalized spacial score (nSPS) is 14.4. The lowest BCUT2D eigenvalue weighted by Crippen LogP contribution is -2.30. The Labute approximate surface area is 171 Å². The van der Waals surface area contributed by atoms with Gasteiger partial charge in [0.1, 0.15) is 11.4 Å². The average Bonchev–Trinajstić information content (AvgIpc) is 3.27. The summed E-state index contributed by atoms with van der Waals surface area (Å²) in [5, 5.41) is 4.25. The van der Waals surface area contributed by atoms with Crippen LogP contribution in [0, 0.1) is 5.82 Å². The minimum absolute atomic E-state index is 0.102. The highest BCUT2D eigenvalue weighted by atomic mass is 19.1. The fraction of sp³-hybridized carbons (Fsp3) is 0.273. The Morgan fingerprint density at radius 2 is 1.87 bits per heavy atom. The summed E-state index contributed by atoms with van der Waals surface area (Å²) >= 11 is 0. The van der Waals surface area contributed by atoms with E-state index in [-0.39, 0.29) is 28.1 Å². The van der Waals surface area contributed by atoms with Crippen molar-refractivity contribution in [1.29, 1.82) is 0 Å². The largest absolute Gasteiger partial charge is 0.369 e. The van der Waals surface area contributed by atoms with Crippen LogP contribution in [-0.2, 0) is 7.05 Å². The first-order valence-corrected chi connectivity index (χ1v) is 9.94. The second-order valence-corrected chi connectivity index (χ2v) is 7.51. The molecule has 0 spiro atoms. The molecule has 0 unspecified atom stereocenters. The standard InChI is InChI=1S/C22H20FN5O2/c1-27-13-16(22-25-21(26-30-22)14-5-7-24-8-6-14)20(29)15-11-17(23)19(12-18(15)27)28-9-3-2-4-10-28/h5-8,11-13H,2-4,9-10H2,1H3. The Balaban J connectivity index is 1.60. The van der Waals surface area contributed by atoms with Gasteiger partial charge in [-0.25, -0.2) is 4.39 Å². The molecule has 152 valence electrons. The first-order valence-electron chi connectivity index (χ1n) is 9.94. The number of hydrogen-bond acceptors (Lipinski definition) is 6. The number of halogens is 1. The van der Waals surface area contributed by atoms with Crippen LogP contribution in [0.2, 0.25) is 0 Å². The van der Waals surface area contributed by atoms with E-state index in [0.29, 0.717) is 17.0 Å². The Morgan fingerprint density at radius 1 is 1.10 bits per heavy atom. The summed E-state index contributed by atoms with van der Waals surface area (Å²) in [6.07, 6.45) is 8.18. The van der Waals surface area contributed by atoms with Crippen molar-refractivity contribution in [1.82, 2.24) is 19.7 Å². The number of rotatable bonds is 3. The summed E-state index contributed by atoms with van der Waals surface area (Å²) < 4.78 is 22.1. The van der Waals surface area contributed by atoms with Gasteiger partial charge in [0.05, 0.1) is 11.2 Å². The molecule has 1 saturated heterocycles. The van der Waals surface area contributed by atoms with Gasteiger partial charge in [0.15, 0.2) is 0 Å². The zero-order chi connectivity index (χ0) is 20.7. The zero-order valence-electron chi connectivity index (χ0n) is 16.5. The molecule has 0 atom stereocenters. The molecule has 0 N–H and O–H groups in total. The van der Waals surface area contributed by atoms with Crippen LogP contribution in [0.15, 0.2) is 52.2 Å². The van der Waals surface area contributed by atoms with Crippen LogP contribution in [-0.4, -0.2) is 32.8 Å². The molecule has 1 aliphatic heterocycles. The Kier molecular flexibility index (Phi) is 4.54. The zero-order valence-corrected chi connectivity index (χ0v) is 16.5. The number of nitrogens with zero attached hydrogens (tertiary/aromatic N) is 5. The molecule has 0 radical (unpaired) electrons. The summed E-state index contributed by atoms with van der Waals surface area (Å²) in [5.41, 5.74) is 1.84. The maximum atomic E-state index is 14.9. The lowest BCUT2D eigenvalue weighted by atomic mass is 10.1. The topological polar surface area (TPSA) is 77.0 Å². The Bertz CT molecular complexity index is 1280. The van der Waals surface area contributed by atoms with E-state index < -0.39 is 0 Å². The number of hydrogen-bond donors (Lipinski definition) is 0. The van der Waals surface area contributed by atoms with Gasteiger partial charge in [-0.1, -0.05) is 5.16 Å². The third-order valence-electron chi connectivity index (χ3n) is 5.55.